The first-order chi connectivity index (χ1) is 6.24. The molecule has 0 aliphatic rings. The standard InChI is InChI=1S/C10H8FNO/c11-9-4-5-10(13)8(7-9)3-1-2-6-12/h1,3-5,7,13H,2H2. The number of halogens is 1. The predicted octanol–water partition coefficient (Wildman–Crippen LogP) is 2.46. The normalized spacial score (nSPS) is 10.2. The number of rotatable bonds is 2. The van der Waals surface area contributed by atoms with Gasteiger partial charge in [-0.2, -0.15) is 5.26 Å². The number of benzene rings is 1. The number of allylic oxidation sites excluding steroid dienone is 1. The molecular formula is C10H8FNO. The molecule has 0 amide bonds. The van der Waals surface area contributed by atoms with E-state index in [9.17, 15) is 9.50 Å². The van der Waals surface area contributed by atoms with Crippen LogP contribution in [0.15, 0.2) is 24.3 Å². The van der Waals surface area contributed by atoms with Crippen LogP contribution in [0, 0.1) is 17.1 Å². The minimum absolute atomic E-state index is 0.00981. The van der Waals surface area contributed by atoms with E-state index >= 15 is 0 Å². The highest BCUT2D eigenvalue weighted by molar-refractivity contribution is 5.56. The fraction of sp³-hybridized carbons (Fsp3) is 0.100. The van der Waals surface area contributed by atoms with Gasteiger partial charge in [0.05, 0.1) is 12.5 Å². The summed E-state index contributed by atoms with van der Waals surface area (Å²) < 4.78 is 12.6. The van der Waals surface area contributed by atoms with Gasteiger partial charge in [0, 0.05) is 5.56 Å². The van der Waals surface area contributed by atoms with Crippen molar-refractivity contribution < 1.29 is 9.50 Å². The molecule has 1 aromatic carbocycles. The molecule has 0 aliphatic carbocycles. The number of hydrogen-bond acceptors (Lipinski definition) is 2. The summed E-state index contributed by atoms with van der Waals surface area (Å²) in [5, 5.41) is 17.5. The van der Waals surface area contributed by atoms with Crippen LogP contribution in [0.1, 0.15) is 12.0 Å². The van der Waals surface area contributed by atoms with Crippen molar-refractivity contribution in [2.75, 3.05) is 0 Å². The zero-order chi connectivity index (χ0) is 9.68. The summed E-state index contributed by atoms with van der Waals surface area (Å²) in [6.45, 7) is 0. The second kappa shape index (κ2) is 4.27. The van der Waals surface area contributed by atoms with Crippen LogP contribution in [0.5, 0.6) is 5.75 Å². The molecule has 0 atom stereocenters. The summed E-state index contributed by atoms with van der Waals surface area (Å²) in [6, 6.07) is 5.58. The van der Waals surface area contributed by atoms with Crippen LogP contribution < -0.4 is 0 Å². The van der Waals surface area contributed by atoms with Gasteiger partial charge >= 0.3 is 0 Å². The molecule has 0 spiro atoms. The molecule has 1 N–H and O–H groups in total. The van der Waals surface area contributed by atoms with Crippen molar-refractivity contribution in [2.45, 2.75) is 6.42 Å². The third-order valence-corrected chi connectivity index (χ3v) is 1.50. The Morgan fingerprint density at radius 3 is 3.00 bits per heavy atom. The molecule has 0 fully saturated rings. The summed E-state index contributed by atoms with van der Waals surface area (Å²) in [6.07, 6.45) is 3.33. The number of nitrogens with zero attached hydrogens (tertiary/aromatic N) is 1. The zero-order valence-corrected chi connectivity index (χ0v) is 6.87. The molecule has 0 unspecified atom stereocenters. The van der Waals surface area contributed by atoms with Crippen LogP contribution in [0.4, 0.5) is 4.39 Å². The van der Waals surface area contributed by atoms with Crippen molar-refractivity contribution in [1.82, 2.24) is 0 Å². The smallest absolute Gasteiger partial charge is 0.124 e. The molecule has 0 bridgehead atoms. The van der Waals surface area contributed by atoms with Gasteiger partial charge in [0.15, 0.2) is 0 Å². The highest BCUT2D eigenvalue weighted by atomic mass is 19.1. The Balaban J connectivity index is 2.88. The predicted molar refractivity (Wildman–Crippen MR) is 47.3 cm³/mol. The Hall–Kier alpha value is -1.82. The van der Waals surface area contributed by atoms with Crippen LogP contribution in [0.3, 0.4) is 0 Å². The maximum absolute atomic E-state index is 12.6. The van der Waals surface area contributed by atoms with Crippen LogP contribution in [0.25, 0.3) is 6.08 Å². The zero-order valence-electron chi connectivity index (χ0n) is 6.87. The van der Waals surface area contributed by atoms with Crippen LogP contribution >= 0.6 is 0 Å². The maximum atomic E-state index is 12.6. The molecule has 3 heteroatoms. The molecule has 0 aliphatic heterocycles. The van der Waals surface area contributed by atoms with Crippen LogP contribution in [-0.2, 0) is 0 Å². The first-order valence-corrected chi connectivity index (χ1v) is 3.76. The average molecular weight is 177 g/mol. The summed E-state index contributed by atoms with van der Waals surface area (Å²) in [4.78, 5) is 0. The summed E-state index contributed by atoms with van der Waals surface area (Å²) >= 11 is 0. The number of aromatic hydroxyl groups is 1. The monoisotopic (exact) mass is 177 g/mol. The average Bonchev–Trinajstić information content (AvgIpc) is 2.11. The highest BCUT2D eigenvalue weighted by Crippen LogP contribution is 2.19. The van der Waals surface area contributed by atoms with E-state index in [4.69, 9.17) is 5.26 Å². The van der Waals surface area contributed by atoms with E-state index in [0.717, 1.165) is 0 Å². The maximum Gasteiger partial charge on any atom is 0.124 e. The summed E-state index contributed by atoms with van der Waals surface area (Å²) in [5.74, 6) is -0.398. The molecule has 0 saturated carbocycles. The Morgan fingerprint density at radius 1 is 1.54 bits per heavy atom. The number of hydrogen-bond donors (Lipinski definition) is 1. The Bertz CT molecular complexity index is 366. The van der Waals surface area contributed by atoms with E-state index in [1.165, 1.54) is 24.3 Å². The largest absolute Gasteiger partial charge is 0.507 e. The van der Waals surface area contributed by atoms with Crippen molar-refractivity contribution in [3.05, 3.63) is 35.7 Å². The van der Waals surface area contributed by atoms with Crippen molar-refractivity contribution in [3.63, 3.8) is 0 Å². The van der Waals surface area contributed by atoms with Gasteiger partial charge in [-0.25, -0.2) is 4.39 Å². The van der Waals surface area contributed by atoms with Crippen molar-refractivity contribution >= 4 is 6.08 Å². The number of nitriles is 1. The molecular weight excluding hydrogens is 169 g/mol. The van der Waals surface area contributed by atoms with E-state index in [0.29, 0.717) is 5.56 Å². The fourth-order valence-electron chi connectivity index (χ4n) is 0.897. The van der Waals surface area contributed by atoms with Crippen molar-refractivity contribution in [2.24, 2.45) is 0 Å². The van der Waals surface area contributed by atoms with E-state index in [1.54, 1.807) is 6.08 Å². The van der Waals surface area contributed by atoms with E-state index in [-0.39, 0.29) is 12.2 Å². The van der Waals surface area contributed by atoms with E-state index in [1.807, 2.05) is 6.07 Å². The van der Waals surface area contributed by atoms with E-state index in [2.05, 4.69) is 0 Å². The summed E-state index contributed by atoms with van der Waals surface area (Å²) in [7, 11) is 0. The molecule has 2 nitrogen and oxygen atoms in total. The third-order valence-electron chi connectivity index (χ3n) is 1.50. The molecule has 0 saturated heterocycles. The second-order valence-electron chi connectivity index (χ2n) is 2.47. The SMILES string of the molecule is N#CCC=Cc1cc(F)ccc1O. The highest BCUT2D eigenvalue weighted by Gasteiger charge is 1.97. The van der Waals surface area contributed by atoms with Gasteiger partial charge in [0.2, 0.25) is 0 Å². The van der Waals surface area contributed by atoms with Crippen molar-refractivity contribution in [1.29, 1.82) is 5.26 Å². The van der Waals surface area contributed by atoms with Gasteiger partial charge in [-0.05, 0) is 18.2 Å². The molecule has 13 heavy (non-hydrogen) atoms. The lowest BCUT2D eigenvalue weighted by Crippen LogP contribution is -1.77. The Morgan fingerprint density at radius 2 is 2.31 bits per heavy atom. The van der Waals surface area contributed by atoms with Gasteiger partial charge in [0.1, 0.15) is 11.6 Å². The minimum atomic E-state index is -0.408. The Labute approximate surface area is 75.6 Å². The van der Waals surface area contributed by atoms with E-state index < -0.39 is 5.82 Å². The third kappa shape index (κ3) is 2.60. The number of phenolic OH excluding ortho intramolecular Hbond substituents is 1. The summed E-state index contributed by atoms with van der Waals surface area (Å²) in [5.41, 5.74) is 0.384. The fourth-order valence-corrected chi connectivity index (χ4v) is 0.897. The van der Waals surface area contributed by atoms with Gasteiger partial charge in [0.25, 0.3) is 0 Å². The van der Waals surface area contributed by atoms with Crippen molar-refractivity contribution in [3.8, 4) is 11.8 Å². The Kier molecular flexibility index (Phi) is 3.04. The number of phenols is 1. The van der Waals surface area contributed by atoms with Crippen LogP contribution in [0.2, 0.25) is 0 Å². The molecule has 0 heterocycles. The first kappa shape index (κ1) is 9.27. The molecule has 0 aromatic heterocycles. The van der Waals surface area contributed by atoms with Gasteiger partial charge in [-0.1, -0.05) is 12.2 Å². The molecule has 1 aromatic rings. The van der Waals surface area contributed by atoms with Gasteiger partial charge < -0.3 is 5.11 Å². The lowest BCUT2D eigenvalue weighted by molar-refractivity contribution is 0.471. The second-order valence-corrected chi connectivity index (χ2v) is 2.47. The topological polar surface area (TPSA) is 44.0 Å². The van der Waals surface area contributed by atoms with Crippen LogP contribution in [-0.4, -0.2) is 5.11 Å². The quantitative estimate of drug-likeness (QED) is 0.754. The lowest BCUT2D eigenvalue weighted by atomic mass is 10.2. The van der Waals surface area contributed by atoms with Gasteiger partial charge in [-0.3, -0.25) is 0 Å². The first-order valence-electron chi connectivity index (χ1n) is 3.76. The molecule has 0 radical (unpaired) electrons. The molecule has 66 valence electrons. The van der Waals surface area contributed by atoms with Gasteiger partial charge in [-0.15, -0.1) is 0 Å². The minimum Gasteiger partial charge on any atom is -0.507 e. The molecule has 1 rings (SSSR count). The lowest BCUT2D eigenvalue weighted by Gasteiger charge is -1.97.